The first-order valence-electron chi connectivity index (χ1n) is 27.5. The van der Waals surface area contributed by atoms with Gasteiger partial charge in [-0.25, -0.2) is 9.59 Å². The van der Waals surface area contributed by atoms with Crippen molar-refractivity contribution in [2.24, 2.45) is 28.9 Å². The lowest BCUT2D eigenvalue weighted by atomic mass is 9.43. The van der Waals surface area contributed by atoms with E-state index in [4.69, 9.17) is 29.2 Å². The Kier molecular flexibility index (Phi) is 18.6. The fraction of sp³-hybridized carbons (Fsp3) is 0.607. The van der Waals surface area contributed by atoms with Crippen LogP contribution in [0, 0.1) is 23.2 Å². The van der Waals surface area contributed by atoms with Crippen LogP contribution >= 0.6 is 0 Å². The topological polar surface area (TPSA) is 296 Å². The lowest BCUT2D eigenvalue weighted by Gasteiger charge is -2.64. The van der Waals surface area contributed by atoms with E-state index in [1.54, 1.807) is 65.8 Å². The minimum Gasteiger partial charge on any atom is -0.535 e. The zero-order chi connectivity index (χ0) is 58.9. The molecular weight excluding hydrogens is 1040 g/mol. The molecule has 2 bridgehead atoms. The van der Waals surface area contributed by atoms with Gasteiger partial charge in [-0.1, -0.05) is 45.0 Å². The number of carboxylic acid groups (broad SMARTS) is 1. The summed E-state index contributed by atoms with van der Waals surface area (Å²) < 4.78 is 30.2. The smallest absolute Gasteiger partial charge is 0.526 e. The molecule has 80 heavy (non-hydrogen) atoms. The summed E-state index contributed by atoms with van der Waals surface area (Å²) in [6.07, 6.45) is 1.55. The fourth-order valence-electron chi connectivity index (χ4n) is 12.2. The maximum Gasteiger partial charge on any atom is 0.526 e. The van der Waals surface area contributed by atoms with Crippen LogP contribution in [0.3, 0.4) is 0 Å². The number of imide groups is 2. The van der Waals surface area contributed by atoms with Crippen LogP contribution in [0.15, 0.2) is 36.4 Å². The molecule has 3 aliphatic carbocycles. The van der Waals surface area contributed by atoms with E-state index in [1.807, 2.05) is 6.07 Å². The van der Waals surface area contributed by atoms with Crippen LogP contribution in [0.2, 0.25) is 11.6 Å². The van der Waals surface area contributed by atoms with Crippen molar-refractivity contribution in [3.8, 4) is 11.5 Å². The summed E-state index contributed by atoms with van der Waals surface area (Å²) in [5.74, 6) is -7.49. The highest BCUT2D eigenvalue weighted by molar-refractivity contribution is 6.48. The Morgan fingerprint density at radius 1 is 0.812 bits per heavy atom. The normalized spacial score (nSPS) is 24.3. The third kappa shape index (κ3) is 12.7. The number of carbonyl (C=O) groups is 10. The Morgan fingerprint density at radius 2 is 1.40 bits per heavy atom. The number of rotatable bonds is 18. The summed E-state index contributed by atoms with van der Waals surface area (Å²) in [5, 5.41) is 19.5. The number of ketones is 2. The minimum absolute atomic E-state index is 0.0374. The highest BCUT2D eigenvalue weighted by Gasteiger charge is 2.68. The lowest BCUT2D eigenvalue weighted by molar-refractivity contribution is -0.199. The first kappa shape index (κ1) is 61.1. The molecule has 22 nitrogen and oxygen atoms in total. The van der Waals surface area contributed by atoms with E-state index in [2.05, 4.69) is 20.8 Å². The van der Waals surface area contributed by atoms with E-state index in [1.165, 1.54) is 23.0 Å². The molecule has 24 heteroatoms. The number of ether oxygens (including phenoxy) is 2. The number of fused-ring (bicyclic) bond motifs is 1. The standard InChI is InChI=1S/C36H51BN2O9.C20H24BN3O8/c1-10-38-14-15-39(32(43)31(38)42)29(41)16-21(2)26(40)20-24(37-47-28-19-23-18-27(35(23,6)7)36(28,8)48-37)17-22-12-11-13-25(30(22)45-9)33(44)46-34(3,4)5;1-2-23-6-7-24(19(28)18(23)27)16(26)10-14(22)15(25)9-12-8-11-4-3-5-13(20(29)30)17(11)32-21(12)31/h11-13,21,23-24,27-28H,10,14-20H2,1-9H3;3-5,12,14,31H,2,6-10,22H2,1H3,(H,29,30)/t21-,23+,24+,27-,28?,36-;12-,14+/m01/s1. The molecule has 432 valence electrons. The van der Waals surface area contributed by atoms with Crippen LogP contribution in [0.5, 0.6) is 11.5 Å². The van der Waals surface area contributed by atoms with Crippen molar-refractivity contribution >= 4 is 73.2 Å². The van der Waals surface area contributed by atoms with Crippen LogP contribution in [0.25, 0.3) is 0 Å². The third-order valence-electron chi connectivity index (χ3n) is 17.0. The molecule has 3 saturated heterocycles. The van der Waals surface area contributed by atoms with E-state index in [9.17, 15) is 58.1 Å². The molecule has 0 spiro atoms. The average molecular weight is 1110 g/mol. The van der Waals surface area contributed by atoms with Gasteiger partial charge in [-0.3, -0.25) is 48.2 Å². The predicted molar refractivity (Wildman–Crippen MR) is 289 cm³/mol. The zero-order valence-electron chi connectivity index (χ0n) is 47.4. The average Bonchev–Trinajstić information content (AvgIpc) is 3.70. The van der Waals surface area contributed by atoms with Crippen molar-refractivity contribution in [1.82, 2.24) is 19.6 Å². The van der Waals surface area contributed by atoms with Gasteiger partial charge in [0.2, 0.25) is 11.8 Å². The van der Waals surface area contributed by atoms with Crippen LogP contribution in [0.1, 0.15) is 133 Å². The molecular formula is C56H75B2N5O17. The number of aromatic carboxylic acids is 1. The molecule has 8 atom stereocenters. The van der Waals surface area contributed by atoms with Gasteiger partial charge in [-0.2, -0.15) is 0 Å². The Balaban J connectivity index is 0.000000251. The molecule has 7 aliphatic rings. The van der Waals surface area contributed by atoms with Crippen molar-refractivity contribution in [2.75, 3.05) is 46.4 Å². The number of methoxy groups -OCH3 is 1. The van der Waals surface area contributed by atoms with Crippen LogP contribution in [0.4, 0.5) is 0 Å². The largest absolute Gasteiger partial charge is 0.535 e. The van der Waals surface area contributed by atoms with Crippen LogP contribution in [-0.2, 0) is 65.2 Å². The van der Waals surface area contributed by atoms with Gasteiger partial charge in [0, 0.05) is 82.5 Å². The number of benzene rings is 2. The van der Waals surface area contributed by atoms with Crippen molar-refractivity contribution < 1.29 is 81.5 Å². The number of carbonyl (C=O) groups excluding carboxylic acids is 9. The molecule has 2 aromatic carbocycles. The summed E-state index contributed by atoms with van der Waals surface area (Å²) >= 11 is 0. The molecule has 0 aromatic heterocycles. The lowest BCUT2D eigenvalue weighted by Crippen LogP contribution is -2.65. The van der Waals surface area contributed by atoms with Crippen molar-refractivity contribution in [3.63, 3.8) is 0 Å². The number of piperazine rings is 2. The SMILES string of the molecule is CCN1CCN(C(=O)C[C@H](C)C(=O)C[C@@H](Cc2cccc(C(=O)OC(C)(C)C)c2OC)B2OC3C[C@H]4C[C@@H](C4(C)C)[C@]3(C)O2)C(=O)C1=O.CCN1CCN(C(=O)C[C@H](N)C(=O)C[C@H]2Cc3cccc(C(=O)O)c3OB2O)C(=O)C1=O. The summed E-state index contributed by atoms with van der Waals surface area (Å²) in [5.41, 5.74) is 6.25. The van der Waals surface area contributed by atoms with Gasteiger partial charge in [-0.05, 0) is 108 Å². The monoisotopic (exact) mass is 1110 g/mol. The molecule has 4 heterocycles. The van der Waals surface area contributed by atoms with Crippen LogP contribution in [-0.4, -0.2) is 173 Å². The summed E-state index contributed by atoms with van der Waals surface area (Å²) in [6, 6.07) is 8.60. The number of nitrogens with zero attached hydrogens (tertiary/aromatic N) is 4. The first-order valence-corrected chi connectivity index (χ1v) is 27.5. The third-order valence-corrected chi connectivity index (χ3v) is 17.0. The number of carboxylic acids is 1. The number of hydrogen-bond acceptors (Lipinski definition) is 17. The molecule has 9 rings (SSSR count). The summed E-state index contributed by atoms with van der Waals surface area (Å²) in [4.78, 5) is 130. The van der Waals surface area contributed by atoms with E-state index in [0.717, 1.165) is 22.6 Å². The molecule has 4 N–H and O–H groups in total. The van der Waals surface area contributed by atoms with Gasteiger partial charge in [-0.15, -0.1) is 0 Å². The Bertz CT molecular complexity index is 2800. The Hall–Kier alpha value is -6.49. The highest BCUT2D eigenvalue weighted by Crippen LogP contribution is 2.66. The maximum absolute atomic E-state index is 13.9. The number of likely N-dealkylation sites (N-methyl/N-ethyl adjacent to an activating group) is 2. The van der Waals surface area contributed by atoms with Crippen molar-refractivity contribution in [3.05, 3.63) is 58.7 Å². The number of esters is 1. The minimum atomic E-state index is -1.42. The summed E-state index contributed by atoms with van der Waals surface area (Å²) in [6.45, 7) is 18.7. The zero-order valence-corrected chi connectivity index (χ0v) is 47.4. The Labute approximate surface area is 466 Å². The number of nitrogens with two attached hydrogens (primary N) is 1. The van der Waals surface area contributed by atoms with Gasteiger partial charge in [0.05, 0.1) is 30.4 Å². The summed E-state index contributed by atoms with van der Waals surface area (Å²) in [7, 11) is -0.616. The van der Waals surface area contributed by atoms with Crippen molar-refractivity contribution in [1.29, 1.82) is 0 Å². The molecule has 6 amide bonds. The van der Waals surface area contributed by atoms with Crippen LogP contribution < -0.4 is 15.1 Å². The first-order chi connectivity index (χ1) is 37.5. The molecule has 0 radical (unpaired) electrons. The maximum atomic E-state index is 13.9. The number of hydrogen-bond donors (Lipinski definition) is 3. The Morgan fingerprint density at radius 3 is 1.96 bits per heavy atom. The second-order valence-electron chi connectivity index (χ2n) is 23.6. The van der Waals surface area contributed by atoms with E-state index >= 15 is 0 Å². The number of para-hydroxylation sites is 2. The number of Topliss-reactive ketones (excluding diaryl/α,β-unsaturated/α-hetero) is 2. The van der Waals surface area contributed by atoms with Crippen molar-refractivity contribution in [2.45, 2.75) is 149 Å². The predicted octanol–water partition coefficient (Wildman–Crippen LogP) is 3.56. The molecule has 3 saturated carbocycles. The second kappa shape index (κ2) is 24.3. The van der Waals surface area contributed by atoms with E-state index in [-0.39, 0.29) is 86.0 Å². The molecule has 4 aliphatic heterocycles. The van der Waals surface area contributed by atoms with E-state index in [0.29, 0.717) is 48.2 Å². The van der Waals surface area contributed by atoms with Gasteiger partial charge < -0.3 is 49.1 Å². The fourth-order valence-corrected chi connectivity index (χ4v) is 12.2. The quantitative estimate of drug-likeness (QED) is 0.109. The highest BCUT2D eigenvalue weighted by atomic mass is 16.7. The van der Waals surface area contributed by atoms with Gasteiger partial charge in [0.25, 0.3) is 0 Å². The second-order valence-corrected chi connectivity index (χ2v) is 23.6. The molecule has 2 aromatic rings. The molecule has 1 unspecified atom stereocenters. The van der Waals surface area contributed by atoms with E-state index < -0.39 is 109 Å². The number of amides is 6. The molecule has 6 fully saturated rings. The van der Waals surface area contributed by atoms with Gasteiger partial charge >= 0.3 is 49.8 Å². The van der Waals surface area contributed by atoms with Gasteiger partial charge in [0.1, 0.15) is 34.2 Å². The van der Waals surface area contributed by atoms with Gasteiger partial charge in [0.15, 0.2) is 0 Å².